The molecule has 1 aliphatic heterocycles. The summed E-state index contributed by atoms with van der Waals surface area (Å²) in [5.74, 6) is 0. The van der Waals surface area contributed by atoms with Crippen LogP contribution in [0, 0.1) is 0 Å². The highest BCUT2D eigenvalue weighted by molar-refractivity contribution is 7.86. The van der Waals surface area contributed by atoms with Crippen LogP contribution in [0.25, 0.3) is 145 Å². The van der Waals surface area contributed by atoms with E-state index < -0.39 is 7.14 Å². The fraction of sp³-hybridized carbons (Fsp3) is 0. The van der Waals surface area contributed by atoms with E-state index in [1.807, 2.05) is 18.2 Å². The van der Waals surface area contributed by atoms with E-state index in [4.69, 9.17) is 0 Å². The molecule has 0 unspecified atom stereocenters. The van der Waals surface area contributed by atoms with Crippen LogP contribution in [0.15, 0.2) is 370 Å². The number of benzene rings is 15. The smallest absolute Gasteiger partial charge is 0.172 e. The van der Waals surface area contributed by atoms with Gasteiger partial charge in [-0.25, -0.2) is 0 Å². The number of fused-ring (bicyclic) bond motifs is 3. The second kappa shape index (κ2) is 24.1. The third kappa shape index (κ3) is 9.71. The maximum absolute atomic E-state index is 17.3. The summed E-state index contributed by atoms with van der Waals surface area (Å²) in [4.78, 5) is 0. The molecule has 2 heteroatoms. The second-order valence-electron chi connectivity index (χ2n) is 23.6. The first-order valence-corrected chi connectivity index (χ1v) is 33.3. The van der Waals surface area contributed by atoms with Crippen molar-refractivity contribution in [3.05, 3.63) is 370 Å². The molecule has 0 N–H and O–H groups in total. The molecule has 1 nitrogen and oxygen atoms in total. The van der Waals surface area contributed by atoms with Gasteiger partial charge in [-0.15, -0.1) is 0 Å². The van der Waals surface area contributed by atoms with Crippen LogP contribution in [0.3, 0.4) is 0 Å². The van der Waals surface area contributed by atoms with E-state index in [2.05, 4.69) is 352 Å². The minimum Gasteiger partial charge on any atom is -0.309 e. The average molecular weight is 1190 g/mol. The van der Waals surface area contributed by atoms with Gasteiger partial charge in [-0.05, 0) is 169 Å². The Morgan fingerprint density at radius 1 is 0.152 bits per heavy atom. The van der Waals surface area contributed by atoms with Crippen molar-refractivity contribution in [2.24, 2.45) is 0 Å². The minimum atomic E-state index is -3.53. The van der Waals surface area contributed by atoms with Crippen molar-refractivity contribution in [1.82, 2.24) is 0 Å². The quantitative estimate of drug-likeness (QED) is 0.105. The van der Waals surface area contributed by atoms with Gasteiger partial charge in [-0.3, -0.25) is 0 Å². The highest BCUT2D eigenvalue weighted by atomic mass is 31.2. The van der Waals surface area contributed by atoms with Crippen LogP contribution in [0.1, 0.15) is 0 Å². The summed E-state index contributed by atoms with van der Waals surface area (Å²) in [5, 5.41) is 2.46. The van der Waals surface area contributed by atoms with Crippen molar-refractivity contribution in [2.45, 2.75) is 0 Å². The predicted octanol–water partition coefficient (Wildman–Crippen LogP) is 23.3. The van der Waals surface area contributed by atoms with Crippen molar-refractivity contribution >= 4 is 23.1 Å². The Morgan fingerprint density at radius 3 is 0.478 bits per heavy atom. The minimum absolute atomic E-state index is 0.806. The van der Waals surface area contributed by atoms with E-state index in [0.717, 1.165) is 161 Å². The summed E-state index contributed by atoms with van der Waals surface area (Å²) in [6.07, 6.45) is 0. The molecule has 0 fully saturated rings. The second-order valence-corrected chi connectivity index (χ2v) is 26.3. The van der Waals surface area contributed by atoms with Gasteiger partial charge < -0.3 is 4.57 Å². The number of rotatable bonds is 13. The topological polar surface area (TPSA) is 17.1 Å². The monoisotopic (exact) mass is 1190 g/mol. The van der Waals surface area contributed by atoms with E-state index in [1.165, 1.54) is 0 Å². The van der Waals surface area contributed by atoms with Crippen LogP contribution in [0.4, 0.5) is 0 Å². The Morgan fingerprint density at radius 2 is 0.304 bits per heavy atom. The largest absolute Gasteiger partial charge is 0.309 e. The molecule has 1 aliphatic rings. The summed E-state index contributed by atoms with van der Waals surface area (Å²) in [5.41, 5.74) is 28.5. The van der Waals surface area contributed by atoms with Gasteiger partial charge in [0, 0.05) is 15.9 Å². The molecule has 0 saturated heterocycles. The lowest BCUT2D eigenvalue weighted by molar-refractivity contribution is 0.593. The zero-order valence-electron chi connectivity index (χ0n) is 50.6. The normalized spacial score (nSPS) is 12.0. The molecule has 0 bridgehead atoms. The van der Waals surface area contributed by atoms with Crippen molar-refractivity contribution in [3.8, 4) is 145 Å². The van der Waals surface area contributed by atoms with Crippen molar-refractivity contribution < 1.29 is 4.57 Å². The van der Waals surface area contributed by atoms with Crippen molar-refractivity contribution in [2.75, 3.05) is 0 Å². The fourth-order valence-electron chi connectivity index (χ4n) is 14.4. The van der Waals surface area contributed by atoms with Crippen LogP contribution >= 0.6 is 7.14 Å². The van der Waals surface area contributed by atoms with Crippen LogP contribution in [-0.4, -0.2) is 0 Å². The lowest BCUT2D eigenvalue weighted by Gasteiger charge is -2.29. The van der Waals surface area contributed by atoms with Gasteiger partial charge >= 0.3 is 0 Å². The molecule has 15 aromatic rings. The fourth-order valence-corrected chi connectivity index (χ4v) is 17.4. The summed E-state index contributed by atoms with van der Waals surface area (Å²) < 4.78 is 17.3. The van der Waals surface area contributed by atoms with Gasteiger partial charge in [0.25, 0.3) is 0 Å². The SMILES string of the molecule is O=P1(c2ccccc2)c2ccc(-c3c(-c4ccccc4)c(-c4ccccc4)c(-c4ccccc4)c(-c4ccccc4)c3-c3ccccc3)cc2-c2cc(-c3c(-c4ccccc4)c(-c4ccccc4)c(-c4ccccc4)c(-c4ccccc4)c3-c3ccccc3)ccc21. The van der Waals surface area contributed by atoms with E-state index in [9.17, 15) is 0 Å². The first-order chi connectivity index (χ1) is 45.6. The van der Waals surface area contributed by atoms with E-state index >= 15 is 4.57 Å². The first-order valence-electron chi connectivity index (χ1n) is 31.6. The predicted molar refractivity (Wildman–Crippen MR) is 390 cm³/mol. The van der Waals surface area contributed by atoms with Crippen LogP contribution in [0.2, 0.25) is 0 Å². The molecule has 0 atom stereocenters. The van der Waals surface area contributed by atoms with Gasteiger partial charge in [0.05, 0.1) is 0 Å². The van der Waals surface area contributed by atoms with Crippen LogP contribution < -0.4 is 15.9 Å². The lowest BCUT2D eigenvalue weighted by atomic mass is 9.73. The molecular formula is C90H61OP. The van der Waals surface area contributed by atoms with E-state index in [-0.39, 0.29) is 0 Å². The maximum Gasteiger partial charge on any atom is 0.172 e. The first kappa shape index (κ1) is 55.8. The van der Waals surface area contributed by atoms with Gasteiger partial charge in [-0.2, -0.15) is 0 Å². The highest BCUT2D eigenvalue weighted by Crippen LogP contribution is 2.61. The Labute approximate surface area is 539 Å². The van der Waals surface area contributed by atoms with Gasteiger partial charge in [0.1, 0.15) is 0 Å². The summed E-state index contributed by atoms with van der Waals surface area (Å²) in [6, 6.07) is 133. The van der Waals surface area contributed by atoms with Gasteiger partial charge in [0.2, 0.25) is 0 Å². The molecule has 0 saturated carbocycles. The standard InChI is InChI=1S/C90H61OP/c91-92(74-54-32-11-33-55-74)77-58-56-72(89-85(68-46-24-7-25-47-68)81(64-38-16-3-17-39-64)79(62-34-12-1-13-35-62)82(65-40-18-4-19-41-65)86(89)69-48-26-8-27-49-69)60-75(77)76-61-73(57-59-78(76)92)90-87(70-50-28-9-29-51-70)83(66-42-20-5-21-43-66)80(63-36-14-2-15-37-63)84(67-44-22-6-23-45-67)88(90)71-52-30-10-31-53-71/h1-61H. The molecule has 0 aliphatic carbocycles. The van der Waals surface area contributed by atoms with Crippen LogP contribution in [0.5, 0.6) is 0 Å². The molecule has 16 rings (SSSR count). The molecule has 1 heterocycles. The molecular weight excluding hydrogens is 1130 g/mol. The Hall–Kier alpha value is -11.5. The molecule has 432 valence electrons. The molecule has 0 aromatic heterocycles. The third-order valence-corrected chi connectivity index (χ3v) is 21.4. The maximum atomic E-state index is 17.3. The van der Waals surface area contributed by atoms with Gasteiger partial charge in [-0.1, -0.05) is 346 Å². The molecule has 0 spiro atoms. The summed E-state index contributed by atoms with van der Waals surface area (Å²) in [6.45, 7) is 0. The van der Waals surface area contributed by atoms with Gasteiger partial charge in [0.15, 0.2) is 7.14 Å². The average Bonchev–Trinajstić information content (AvgIpc) is 1.47. The van der Waals surface area contributed by atoms with Crippen LogP contribution in [-0.2, 0) is 4.57 Å². The molecule has 15 aromatic carbocycles. The van der Waals surface area contributed by atoms with E-state index in [0.29, 0.717) is 0 Å². The number of hydrogen-bond donors (Lipinski definition) is 0. The Balaban J connectivity index is 1.08. The Kier molecular flexibility index (Phi) is 14.6. The van der Waals surface area contributed by atoms with E-state index in [1.54, 1.807) is 0 Å². The molecule has 92 heavy (non-hydrogen) atoms. The summed E-state index contributed by atoms with van der Waals surface area (Å²) in [7, 11) is -3.53. The zero-order chi connectivity index (χ0) is 61.4. The Bertz CT molecular complexity index is 4680. The number of hydrogen-bond acceptors (Lipinski definition) is 1. The zero-order valence-corrected chi connectivity index (χ0v) is 51.5. The van der Waals surface area contributed by atoms with Crippen molar-refractivity contribution in [3.63, 3.8) is 0 Å². The highest BCUT2D eigenvalue weighted by Gasteiger charge is 2.42. The molecule has 0 amide bonds. The van der Waals surface area contributed by atoms with Crippen molar-refractivity contribution in [1.29, 1.82) is 0 Å². The molecule has 0 radical (unpaired) electrons. The summed E-state index contributed by atoms with van der Waals surface area (Å²) >= 11 is 0. The third-order valence-electron chi connectivity index (χ3n) is 18.3. The lowest BCUT2D eigenvalue weighted by Crippen LogP contribution is -2.20.